The number of amides is 3. The van der Waals surface area contributed by atoms with Gasteiger partial charge in [0.1, 0.15) is 17.8 Å². The molecule has 156 valence electrons. The lowest BCUT2D eigenvalue weighted by molar-refractivity contribution is -0.127. The SMILES string of the molecule is C#CCNC(=O)CC(=O)N1CCC(NC(=O)OC(C)(C)C)c2cc(OC)ccc21. The lowest BCUT2D eigenvalue weighted by Gasteiger charge is -2.35. The molecule has 0 spiro atoms. The molecule has 1 unspecified atom stereocenters. The number of alkyl carbamates (subject to hydrolysis) is 1. The minimum atomic E-state index is -0.621. The summed E-state index contributed by atoms with van der Waals surface area (Å²) in [6.07, 6.45) is 4.74. The first kappa shape index (κ1) is 22.1. The minimum Gasteiger partial charge on any atom is -0.497 e. The molecule has 2 rings (SSSR count). The second kappa shape index (κ2) is 9.32. The summed E-state index contributed by atoms with van der Waals surface area (Å²) < 4.78 is 10.6. The minimum absolute atomic E-state index is 0.0712. The summed E-state index contributed by atoms with van der Waals surface area (Å²) in [5, 5.41) is 5.34. The van der Waals surface area contributed by atoms with E-state index in [4.69, 9.17) is 15.9 Å². The zero-order valence-corrected chi connectivity index (χ0v) is 17.2. The van der Waals surface area contributed by atoms with E-state index >= 15 is 0 Å². The number of carbonyl (C=O) groups excluding carboxylic acids is 3. The molecule has 0 fully saturated rings. The molecule has 1 aliphatic rings. The number of terminal acetylenes is 1. The normalized spacial score (nSPS) is 15.6. The fourth-order valence-corrected chi connectivity index (χ4v) is 3.02. The van der Waals surface area contributed by atoms with Crippen molar-refractivity contribution in [1.29, 1.82) is 0 Å². The molecule has 0 saturated heterocycles. The van der Waals surface area contributed by atoms with Gasteiger partial charge in [0.25, 0.3) is 0 Å². The van der Waals surface area contributed by atoms with Gasteiger partial charge in [-0.15, -0.1) is 6.42 Å². The standard InChI is InChI=1S/C21H27N3O5/c1-6-10-22-18(25)13-19(26)24-11-9-16(23-20(27)29-21(2,3)4)15-12-14(28-5)7-8-17(15)24/h1,7-8,12,16H,9-11,13H2,2-5H3,(H,22,25)(H,23,27). The Kier molecular flexibility index (Phi) is 7.10. The summed E-state index contributed by atoms with van der Waals surface area (Å²) in [7, 11) is 1.54. The van der Waals surface area contributed by atoms with Crippen LogP contribution in [-0.4, -0.2) is 43.7 Å². The number of rotatable bonds is 5. The zero-order chi connectivity index (χ0) is 21.6. The van der Waals surface area contributed by atoms with E-state index in [0.29, 0.717) is 24.4 Å². The summed E-state index contributed by atoms with van der Waals surface area (Å²) in [6, 6.07) is 4.89. The maximum absolute atomic E-state index is 12.7. The van der Waals surface area contributed by atoms with E-state index in [-0.39, 0.29) is 24.9 Å². The van der Waals surface area contributed by atoms with Crippen molar-refractivity contribution in [3.05, 3.63) is 23.8 Å². The molecule has 8 nitrogen and oxygen atoms in total. The molecule has 8 heteroatoms. The van der Waals surface area contributed by atoms with Crippen molar-refractivity contribution in [2.24, 2.45) is 0 Å². The molecule has 1 heterocycles. The van der Waals surface area contributed by atoms with E-state index in [1.807, 2.05) is 0 Å². The van der Waals surface area contributed by atoms with Crippen LogP contribution in [0.5, 0.6) is 5.75 Å². The van der Waals surface area contributed by atoms with Crippen LogP contribution in [0.3, 0.4) is 0 Å². The van der Waals surface area contributed by atoms with Gasteiger partial charge < -0.3 is 25.0 Å². The number of fused-ring (bicyclic) bond motifs is 1. The van der Waals surface area contributed by atoms with E-state index in [0.717, 1.165) is 5.56 Å². The predicted molar refractivity (Wildman–Crippen MR) is 109 cm³/mol. The molecule has 0 bridgehead atoms. The van der Waals surface area contributed by atoms with E-state index in [1.54, 1.807) is 46.1 Å². The maximum atomic E-state index is 12.7. The Morgan fingerprint density at radius 2 is 2.03 bits per heavy atom. The number of nitrogens with one attached hydrogen (secondary N) is 2. The number of benzene rings is 1. The number of anilines is 1. The van der Waals surface area contributed by atoms with Crippen LogP contribution in [0, 0.1) is 12.3 Å². The molecule has 0 aliphatic carbocycles. The lowest BCUT2D eigenvalue weighted by atomic mass is 9.95. The molecule has 1 aromatic rings. The first-order chi connectivity index (χ1) is 13.6. The van der Waals surface area contributed by atoms with Gasteiger partial charge >= 0.3 is 6.09 Å². The number of methoxy groups -OCH3 is 1. The van der Waals surface area contributed by atoms with Gasteiger partial charge in [-0.25, -0.2) is 4.79 Å². The number of carbonyl (C=O) groups is 3. The van der Waals surface area contributed by atoms with Crippen molar-refractivity contribution in [3.63, 3.8) is 0 Å². The molecule has 0 aromatic heterocycles. The fraction of sp³-hybridized carbons (Fsp3) is 0.476. The molecular weight excluding hydrogens is 374 g/mol. The predicted octanol–water partition coefficient (Wildman–Crippen LogP) is 2.14. The van der Waals surface area contributed by atoms with Crippen LogP contribution in [0.2, 0.25) is 0 Å². The van der Waals surface area contributed by atoms with E-state index in [2.05, 4.69) is 16.6 Å². The van der Waals surface area contributed by atoms with Crippen LogP contribution >= 0.6 is 0 Å². The Bertz CT molecular complexity index is 823. The highest BCUT2D eigenvalue weighted by Gasteiger charge is 2.31. The van der Waals surface area contributed by atoms with Gasteiger partial charge in [-0.1, -0.05) is 5.92 Å². The van der Waals surface area contributed by atoms with Gasteiger partial charge in [0.15, 0.2) is 0 Å². The van der Waals surface area contributed by atoms with Crippen molar-refractivity contribution in [2.45, 2.75) is 45.3 Å². The van der Waals surface area contributed by atoms with Gasteiger partial charge in [-0.3, -0.25) is 9.59 Å². The summed E-state index contributed by atoms with van der Waals surface area (Å²) in [4.78, 5) is 38.3. The third kappa shape index (κ3) is 6.14. The molecule has 1 aliphatic heterocycles. The highest BCUT2D eigenvalue weighted by Crippen LogP contribution is 2.36. The number of hydrogen-bond acceptors (Lipinski definition) is 5. The average molecular weight is 401 g/mol. The second-order valence-electron chi connectivity index (χ2n) is 7.62. The monoisotopic (exact) mass is 401 g/mol. The Hall–Kier alpha value is -3.21. The Morgan fingerprint density at radius 3 is 2.66 bits per heavy atom. The van der Waals surface area contributed by atoms with Crippen LogP contribution in [-0.2, 0) is 14.3 Å². The van der Waals surface area contributed by atoms with E-state index in [9.17, 15) is 14.4 Å². The molecule has 0 radical (unpaired) electrons. The van der Waals surface area contributed by atoms with Crippen molar-refractivity contribution in [2.75, 3.05) is 25.1 Å². The fourth-order valence-electron chi connectivity index (χ4n) is 3.02. The number of nitrogens with zero attached hydrogens (tertiary/aromatic N) is 1. The Labute approximate surface area is 170 Å². The Morgan fingerprint density at radius 1 is 1.31 bits per heavy atom. The second-order valence-corrected chi connectivity index (χ2v) is 7.62. The van der Waals surface area contributed by atoms with Gasteiger partial charge in [0.2, 0.25) is 11.8 Å². The maximum Gasteiger partial charge on any atom is 0.408 e. The van der Waals surface area contributed by atoms with E-state index in [1.165, 1.54) is 4.90 Å². The molecule has 0 saturated carbocycles. The number of hydrogen-bond donors (Lipinski definition) is 2. The van der Waals surface area contributed by atoms with Gasteiger partial charge in [-0.2, -0.15) is 0 Å². The zero-order valence-electron chi connectivity index (χ0n) is 17.2. The quantitative estimate of drug-likeness (QED) is 0.582. The first-order valence-electron chi connectivity index (χ1n) is 9.32. The lowest BCUT2D eigenvalue weighted by Crippen LogP contribution is -2.43. The number of ether oxygens (including phenoxy) is 2. The van der Waals surface area contributed by atoms with Gasteiger partial charge in [0.05, 0.1) is 19.7 Å². The van der Waals surface area contributed by atoms with Crippen LogP contribution in [0.1, 0.15) is 45.2 Å². The van der Waals surface area contributed by atoms with Crippen LogP contribution in [0.15, 0.2) is 18.2 Å². The molecule has 2 N–H and O–H groups in total. The largest absolute Gasteiger partial charge is 0.497 e. The Balaban J connectivity index is 2.22. The molecule has 29 heavy (non-hydrogen) atoms. The summed E-state index contributed by atoms with van der Waals surface area (Å²) in [6.45, 7) is 5.78. The van der Waals surface area contributed by atoms with E-state index < -0.39 is 17.6 Å². The third-order valence-electron chi connectivity index (χ3n) is 4.23. The molecular formula is C21H27N3O5. The third-order valence-corrected chi connectivity index (χ3v) is 4.23. The highest BCUT2D eigenvalue weighted by atomic mass is 16.6. The van der Waals surface area contributed by atoms with Gasteiger partial charge in [0, 0.05) is 17.8 Å². The van der Waals surface area contributed by atoms with Crippen molar-refractivity contribution in [3.8, 4) is 18.1 Å². The summed E-state index contributed by atoms with van der Waals surface area (Å²) >= 11 is 0. The van der Waals surface area contributed by atoms with Crippen LogP contribution in [0.4, 0.5) is 10.5 Å². The van der Waals surface area contributed by atoms with Crippen LogP contribution < -0.4 is 20.3 Å². The topological polar surface area (TPSA) is 97.0 Å². The summed E-state index contributed by atoms with van der Waals surface area (Å²) in [5.74, 6) is 2.12. The van der Waals surface area contributed by atoms with Crippen molar-refractivity contribution < 1.29 is 23.9 Å². The van der Waals surface area contributed by atoms with Crippen molar-refractivity contribution >= 4 is 23.6 Å². The molecule has 1 atom stereocenters. The first-order valence-corrected chi connectivity index (χ1v) is 9.32. The summed E-state index contributed by atoms with van der Waals surface area (Å²) in [5.41, 5.74) is 0.718. The molecule has 1 aromatic carbocycles. The highest BCUT2D eigenvalue weighted by molar-refractivity contribution is 6.05. The van der Waals surface area contributed by atoms with Crippen molar-refractivity contribution in [1.82, 2.24) is 10.6 Å². The van der Waals surface area contributed by atoms with Gasteiger partial charge in [-0.05, 0) is 45.4 Å². The smallest absolute Gasteiger partial charge is 0.408 e. The molecule has 3 amide bonds. The average Bonchev–Trinajstić information content (AvgIpc) is 2.64. The van der Waals surface area contributed by atoms with Crippen LogP contribution in [0.25, 0.3) is 0 Å².